The van der Waals surface area contributed by atoms with Gasteiger partial charge in [0.15, 0.2) is 0 Å². The monoisotopic (exact) mass is 462 g/mol. The van der Waals surface area contributed by atoms with Crippen LogP contribution in [0.3, 0.4) is 0 Å². The Morgan fingerprint density at radius 3 is 2.44 bits per heavy atom. The van der Waals surface area contributed by atoms with Crippen LogP contribution in [-0.4, -0.2) is 53.7 Å². The van der Waals surface area contributed by atoms with Crippen molar-refractivity contribution in [3.05, 3.63) is 64.7 Å². The van der Waals surface area contributed by atoms with E-state index < -0.39 is 0 Å². The van der Waals surface area contributed by atoms with Crippen LogP contribution < -0.4 is 10.5 Å². The minimum absolute atomic E-state index is 0.0308. The summed E-state index contributed by atoms with van der Waals surface area (Å²) in [6.45, 7) is 8.38. The highest BCUT2D eigenvalue weighted by Crippen LogP contribution is 2.34. The number of likely N-dealkylation sites (tertiary alicyclic amines) is 1. The Bertz CT molecular complexity index is 1070. The number of hydrogen-bond donors (Lipinski definition) is 1. The van der Waals surface area contributed by atoms with Gasteiger partial charge < -0.3 is 10.5 Å². The van der Waals surface area contributed by atoms with E-state index in [0.29, 0.717) is 39.0 Å². The normalized spacial score (nSPS) is 19.2. The minimum Gasteiger partial charge on any atom is -0.494 e. The molecule has 1 atom stereocenters. The zero-order chi connectivity index (χ0) is 24.2. The molecule has 0 unspecified atom stereocenters. The van der Waals surface area contributed by atoms with Gasteiger partial charge in [-0.15, -0.1) is 0 Å². The van der Waals surface area contributed by atoms with Crippen molar-refractivity contribution in [2.24, 2.45) is 16.8 Å². The molecule has 7 nitrogen and oxygen atoms in total. The molecule has 2 heterocycles. The van der Waals surface area contributed by atoms with Gasteiger partial charge in [0.1, 0.15) is 5.75 Å². The second-order valence-corrected chi connectivity index (χ2v) is 9.28. The Labute approximate surface area is 201 Å². The molecule has 180 valence electrons. The van der Waals surface area contributed by atoms with Gasteiger partial charge in [-0.3, -0.25) is 14.5 Å². The predicted octanol–water partition coefficient (Wildman–Crippen LogP) is 3.58. The lowest BCUT2D eigenvalue weighted by Gasteiger charge is -2.31. The molecule has 0 aliphatic carbocycles. The first-order valence-electron chi connectivity index (χ1n) is 12.1. The van der Waals surface area contributed by atoms with Crippen molar-refractivity contribution >= 4 is 17.5 Å². The summed E-state index contributed by atoms with van der Waals surface area (Å²) in [4.78, 5) is 27.1. The Kier molecular flexibility index (Phi) is 7.32. The standard InChI is InChI=1S/C27H34N4O3/c1-4-34-22-9-7-20(8-10-22)25-16-24(23-15-18(2)5-6-19(23)3)29-31(25)26(32)17-30-13-11-21(12-14-30)27(28)33/h5-10,15,21,25H,4,11-14,16-17H2,1-3H3,(H2,28,33)/t25-/m1/s1. The average Bonchev–Trinajstić information content (AvgIpc) is 3.27. The molecule has 2 aromatic carbocycles. The van der Waals surface area contributed by atoms with E-state index in [1.807, 2.05) is 31.2 Å². The molecular formula is C27H34N4O3. The molecule has 0 spiro atoms. The number of ether oxygens (including phenoxy) is 1. The van der Waals surface area contributed by atoms with Crippen LogP contribution in [-0.2, 0) is 9.59 Å². The van der Waals surface area contributed by atoms with Gasteiger partial charge in [-0.05, 0) is 76.0 Å². The van der Waals surface area contributed by atoms with Crippen molar-refractivity contribution < 1.29 is 14.3 Å². The van der Waals surface area contributed by atoms with Gasteiger partial charge in [0.2, 0.25) is 5.91 Å². The van der Waals surface area contributed by atoms with Crippen molar-refractivity contribution in [2.45, 2.75) is 46.1 Å². The molecule has 34 heavy (non-hydrogen) atoms. The molecule has 2 aliphatic heterocycles. The molecule has 0 aromatic heterocycles. The number of nitrogens with zero attached hydrogens (tertiary/aromatic N) is 3. The quantitative estimate of drug-likeness (QED) is 0.681. The SMILES string of the molecule is CCOc1ccc([C@H]2CC(c3cc(C)ccc3C)=NN2C(=O)CN2CCC(C(N)=O)CC2)cc1. The molecule has 4 rings (SSSR count). The largest absolute Gasteiger partial charge is 0.494 e. The van der Waals surface area contributed by atoms with Gasteiger partial charge in [0.05, 0.1) is 24.9 Å². The Balaban J connectivity index is 1.57. The van der Waals surface area contributed by atoms with Crippen molar-refractivity contribution in [3.8, 4) is 5.75 Å². The third-order valence-electron chi connectivity index (χ3n) is 6.79. The average molecular weight is 463 g/mol. The van der Waals surface area contributed by atoms with Crippen molar-refractivity contribution in [3.63, 3.8) is 0 Å². The second kappa shape index (κ2) is 10.4. The van der Waals surface area contributed by atoms with E-state index >= 15 is 0 Å². The topological polar surface area (TPSA) is 88.2 Å². The number of hydrogen-bond acceptors (Lipinski definition) is 5. The zero-order valence-corrected chi connectivity index (χ0v) is 20.3. The highest BCUT2D eigenvalue weighted by molar-refractivity contribution is 6.04. The van der Waals surface area contributed by atoms with Crippen molar-refractivity contribution in [1.29, 1.82) is 0 Å². The first kappa shape index (κ1) is 24.0. The number of nitrogens with two attached hydrogens (primary N) is 1. The highest BCUT2D eigenvalue weighted by Gasteiger charge is 2.35. The molecule has 2 amide bonds. The number of primary amides is 1. The van der Waals surface area contributed by atoms with Gasteiger partial charge in [-0.25, -0.2) is 5.01 Å². The fraction of sp³-hybridized carbons (Fsp3) is 0.444. The predicted molar refractivity (Wildman–Crippen MR) is 133 cm³/mol. The van der Waals surface area contributed by atoms with Crippen LogP contribution in [0.25, 0.3) is 0 Å². The van der Waals surface area contributed by atoms with E-state index in [4.69, 9.17) is 15.6 Å². The Morgan fingerprint density at radius 1 is 1.09 bits per heavy atom. The maximum Gasteiger partial charge on any atom is 0.257 e. The van der Waals surface area contributed by atoms with Gasteiger partial charge in [-0.2, -0.15) is 5.10 Å². The maximum absolute atomic E-state index is 13.5. The first-order valence-corrected chi connectivity index (χ1v) is 12.1. The molecular weight excluding hydrogens is 428 g/mol. The lowest BCUT2D eigenvalue weighted by molar-refractivity contribution is -0.134. The molecule has 2 aromatic rings. The molecule has 0 radical (unpaired) electrons. The van der Waals surface area contributed by atoms with E-state index in [1.165, 1.54) is 5.56 Å². The van der Waals surface area contributed by atoms with Gasteiger partial charge >= 0.3 is 0 Å². The number of benzene rings is 2. The number of hydrazone groups is 1. The van der Waals surface area contributed by atoms with E-state index in [9.17, 15) is 9.59 Å². The number of carbonyl (C=O) groups excluding carboxylic acids is 2. The first-order chi connectivity index (χ1) is 16.4. The summed E-state index contributed by atoms with van der Waals surface area (Å²) in [5.74, 6) is 0.444. The van der Waals surface area contributed by atoms with Gasteiger partial charge in [0, 0.05) is 17.9 Å². The van der Waals surface area contributed by atoms with Gasteiger partial charge in [0.25, 0.3) is 5.91 Å². The van der Waals surface area contributed by atoms with Gasteiger partial charge in [-0.1, -0.05) is 29.8 Å². The fourth-order valence-corrected chi connectivity index (χ4v) is 4.80. The zero-order valence-electron chi connectivity index (χ0n) is 20.3. The van der Waals surface area contributed by atoms with E-state index in [0.717, 1.165) is 28.2 Å². The van der Waals surface area contributed by atoms with Crippen LogP contribution in [0.1, 0.15) is 54.5 Å². The van der Waals surface area contributed by atoms with Crippen LogP contribution in [0.5, 0.6) is 5.75 Å². The van der Waals surface area contributed by atoms with E-state index in [2.05, 4.69) is 36.9 Å². The molecule has 1 fully saturated rings. The molecule has 2 aliphatic rings. The third kappa shape index (κ3) is 5.30. The summed E-state index contributed by atoms with van der Waals surface area (Å²) in [6.07, 6.45) is 2.05. The summed E-state index contributed by atoms with van der Waals surface area (Å²) < 4.78 is 5.59. The molecule has 0 bridgehead atoms. The number of aryl methyl sites for hydroxylation is 2. The fourth-order valence-electron chi connectivity index (χ4n) is 4.80. The summed E-state index contributed by atoms with van der Waals surface area (Å²) in [5.41, 5.74) is 10.8. The van der Waals surface area contributed by atoms with E-state index in [-0.39, 0.29) is 30.3 Å². The smallest absolute Gasteiger partial charge is 0.257 e. The van der Waals surface area contributed by atoms with Crippen LogP contribution in [0, 0.1) is 19.8 Å². The van der Waals surface area contributed by atoms with Crippen LogP contribution in [0.4, 0.5) is 0 Å². The number of carbonyl (C=O) groups is 2. The Morgan fingerprint density at radius 2 is 1.79 bits per heavy atom. The van der Waals surface area contributed by atoms with Crippen LogP contribution >= 0.6 is 0 Å². The summed E-state index contributed by atoms with van der Waals surface area (Å²) in [6, 6.07) is 14.1. The molecule has 1 saturated heterocycles. The highest BCUT2D eigenvalue weighted by atomic mass is 16.5. The summed E-state index contributed by atoms with van der Waals surface area (Å²) in [7, 11) is 0. The van der Waals surface area contributed by atoms with Crippen LogP contribution in [0.2, 0.25) is 0 Å². The van der Waals surface area contributed by atoms with Crippen molar-refractivity contribution in [1.82, 2.24) is 9.91 Å². The van der Waals surface area contributed by atoms with Crippen molar-refractivity contribution in [2.75, 3.05) is 26.2 Å². The summed E-state index contributed by atoms with van der Waals surface area (Å²) in [5, 5.41) is 6.51. The second-order valence-electron chi connectivity index (χ2n) is 9.28. The van der Waals surface area contributed by atoms with E-state index in [1.54, 1.807) is 5.01 Å². The maximum atomic E-state index is 13.5. The molecule has 7 heteroatoms. The lowest BCUT2D eigenvalue weighted by Crippen LogP contribution is -2.43. The Hall–Kier alpha value is -3.19. The minimum atomic E-state index is -0.246. The summed E-state index contributed by atoms with van der Waals surface area (Å²) >= 11 is 0. The number of amides is 2. The number of rotatable bonds is 7. The van der Waals surface area contributed by atoms with Crippen LogP contribution in [0.15, 0.2) is 47.6 Å². The molecule has 0 saturated carbocycles. The lowest BCUT2D eigenvalue weighted by atomic mass is 9.95. The number of piperidine rings is 1. The third-order valence-corrected chi connectivity index (χ3v) is 6.79. The molecule has 2 N–H and O–H groups in total.